The monoisotopic (exact) mass is 377 g/mol. The van der Waals surface area contributed by atoms with Gasteiger partial charge in [-0.2, -0.15) is 0 Å². The van der Waals surface area contributed by atoms with Crippen LogP contribution in [-0.2, 0) is 10.5 Å². The minimum absolute atomic E-state index is 0.164. The van der Waals surface area contributed by atoms with Crippen molar-refractivity contribution in [3.8, 4) is 5.75 Å². The number of benzene rings is 3. The molecule has 3 aromatic carbocycles. The van der Waals surface area contributed by atoms with E-state index in [1.54, 1.807) is 18.7 Å². The Morgan fingerprint density at radius 3 is 2.44 bits per heavy atom. The first-order chi connectivity index (χ1) is 13.1. The fourth-order valence-electron chi connectivity index (χ4n) is 2.56. The molecular weight excluding hydrogens is 354 g/mol. The van der Waals surface area contributed by atoms with Gasteiger partial charge in [-0.1, -0.05) is 42.5 Å². The van der Waals surface area contributed by atoms with Crippen molar-refractivity contribution in [2.24, 2.45) is 0 Å². The number of carbonyl (C=O) groups is 1. The van der Waals surface area contributed by atoms with Crippen LogP contribution in [0.1, 0.15) is 18.1 Å². The quantitative estimate of drug-likeness (QED) is 0.537. The molecule has 138 valence electrons. The van der Waals surface area contributed by atoms with Gasteiger partial charge in [-0.05, 0) is 61.4 Å². The molecule has 0 aliphatic rings. The summed E-state index contributed by atoms with van der Waals surface area (Å²) in [6.07, 6.45) is -0.569. The van der Waals surface area contributed by atoms with Crippen LogP contribution >= 0.6 is 11.8 Å². The third-order valence-corrected chi connectivity index (χ3v) is 5.12. The van der Waals surface area contributed by atoms with Crippen molar-refractivity contribution in [2.75, 3.05) is 5.32 Å². The number of rotatable bonds is 7. The van der Waals surface area contributed by atoms with Gasteiger partial charge in [0, 0.05) is 16.3 Å². The van der Waals surface area contributed by atoms with E-state index in [9.17, 15) is 4.79 Å². The summed E-state index contributed by atoms with van der Waals surface area (Å²) in [5.74, 6) is 1.43. The number of carbonyl (C=O) groups excluding carboxylic acids is 1. The van der Waals surface area contributed by atoms with Gasteiger partial charge in [0.1, 0.15) is 5.75 Å². The molecule has 0 aliphatic carbocycles. The standard InChI is InChI=1S/C23H23NO2S/c1-17-7-6-8-21(15-17)26-18(2)23(25)24-20-13-11-19(12-14-20)16-27-22-9-4-3-5-10-22/h3-15,18H,16H2,1-2H3,(H,24,25)/t18-/m1/s1. The van der Waals surface area contributed by atoms with E-state index >= 15 is 0 Å². The molecule has 1 atom stereocenters. The predicted octanol–water partition coefficient (Wildman–Crippen LogP) is 5.69. The van der Waals surface area contributed by atoms with E-state index in [0.29, 0.717) is 5.75 Å². The number of aryl methyl sites for hydroxylation is 1. The van der Waals surface area contributed by atoms with Gasteiger partial charge in [0.2, 0.25) is 0 Å². The fraction of sp³-hybridized carbons (Fsp3) is 0.174. The van der Waals surface area contributed by atoms with Gasteiger partial charge in [-0.3, -0.25) is 4.79 Å². The van der Waals surface area contributed by atoms with E-state index in [1.807, 2.05) is 73.7 Å². The lowest BCUT2D eigenvalue weighted by Gasteiger charge is -2.15. The first kappa shape index (κ1) is 19.1. The van der Waals surface area contributed by atoms with Crippen LogP contribution in [0.2, 0.25) is 0 Å². The molecule has 0 saturated heterocycles. The molecule has 4 heteroatoms. The Balaban J connectivity index is 1.51. The van der Waals surface area contributed by atoms with E-state index in [1.165, 1.54) is 10.5 Å². The van der Waals surface area contributed by atoms with Crippen LogP contribution in [0.4, 0.5) is 5.69 Å². The van der Waals surface area contributed by atoms with E-state index in [-0.39, 0.29) is 5.91 Å². The van der Waals surface area contributed by atoms with Gasteiger partial charge in [-0.25, -0.2) is 0 Å². The lowest BCUT2D eigenvalue weighted by Crippen LogP contribution is -2.30. The Morgan fingerprint density at radius 2 is 1.74 bits per heavy atom. The summed E-state index contributed by atoms with van der Waals surface area (Å²) in [6.45, 7) is 3.75. The fourth-order valence-corrected chi connectivity index (χ4v) is 3.43. The molecule has 3 nitrogen and oxygen atoms in total. The van der Waals surface area contributed by atoms with Crippen molar-refractivity contribution in [3.05, 3.63) is 90.0 Å². The number of nitrogens with one attached hydrogen (secondary N) is 1. The van der Waals surface area contributed by atoms with Gasteiger partial charge in [0.25, 0.3) is 5.91 Å². The molecule has 0 saturated carbocycles. The Labute approximate surface area is 164 Å². The summed E-state index contributed by atoms with van der Waals surface area (Å²) in [5, 5.41) is 2.91. The molecule has 0 heterocycles. The van der Waals surface area contributed by atoms with Crippen molar-refractivity contribution >= 4 is 23.4 Å². The Hall–Kier alpha value is -2.72. The number of amides is 1. The van der Waals surface area contributed by atoms with Gasteiger partial charge in [0.15, 0.2) is 6.10 Å². The Morgan fingerprint density at radius 1 is 1.00 bits per heavy atom. The summed E-state index contributed by atoms with van der Waals surface area (Å²) in [7, 11) is 0. The predicted molar refractivity (Wildman–Crippen MR) is 112 cm³/mol. The zero-order valence-electron chi connectivity index (χ0n) is 15.5. The van der Waals surface area contributed by atoms with E-state index in [4.69, 9.17) is 4.74 Å². The number of hydrogen-bond acceptors (Lipinski definition) is 3. The van der Waals surface area contributed by atoms with Crippen molar-refractivity contribution in [2.45, 2.75) is 30.6 Å². The number of thioether (sulfide) groups is 1. The van der Waals surface area contributed by atoms with Crippen molar-refractivity contribution in [1.82, 2.24) is 0 Å². The highest BCUT2D eigenvalue weighted by Gasteiger charge is 2.15. The van der Waals surface area contributed by atoms with Gasteiger partial charge in [0.05, 0.1) is 0 Å². The van der Waals surface area contributed by atoms with Crippen LogP contribution in [0, 0.1) is 6.92 Å². The smallest absolute Gasteiger partial charge is 0.265 e. The number of anilines is 1. The van der Waals surface area contributed by atoms with Gasteiger partial charge < -0.3 is 10.1 Å². The highest BCUT2D eigenvalue weighted by atomic mass is 32.2. The molecule has 27 heavy (non-hydrogen) atoms. The second-order valence-corrected chi connectivity index (χ2v) is 7.41. The molecule has 0 bridgehead atoms. The molecule has 0 fully saturated rings. The second kappa shape index (κ2) is 9.28. The molecule has 0 aromatic heterocycles. The number of hydrogen-bond donors (Lipinski definition) is 1. The minimum Gasteiger partial charge on any atom is -0.481 e. The minimum atomic E-state index is -0.569. The highest BCUT2D eigenvalue weighted by molar-refractivity contribution is 7.98. The lowest BCUT2D eigenvalue weighted by molar-refractivity contribution is -0.122. The maximum absolute atomic E-state index is 12.4. The SMILES string of the molecule is Cc1cccc(O[C@H](C)C(=O)Nc2ccc(CSc3ccccc3)cc2)c1. The summed E-state index contributed by atoms with van der Waals surface area (Å²) >= 11 is 1.79. The average molecular weight is 378 g/mol. The first-order valence-electron chi connectivity index (χ1n) is 8.91. The summed E-state index contributed by atoms with van der Waals surface area (Å²) in [4.78, 5) is 13.6. The zero-order valence-corrected chi connectivity index (χ0v) is 16.3. The molecule has 0 aliphatic heterocycles. The summed E-state index contributed by atoms with van der Waals surface area (Å²) in [6, 6.07) is 25.9. The van der Waals surface area contributed by atoms with Crippen LogP contribution in [-0.4, -0.2) is 12.0 Å². The summed E-state index contributed by atoms with van der Waals surface area (Å²) in [5.41, 5.74) is 3.09. The Kier molecular flexibility index (Phi) is 6.55. The van der Waals surface area contributed by atoms with Crippen LogP contribution in [0.15, 0.2) is 83.8 Å². The lowest BCUT2D eigenvalue weighted by atomic mass is 10.2. The van der Waals surface area contributed by atoms with Crippen LogP contribution < -0.4 is 10.1 Å². The third-order valence-electron chi connectivity index (χ3n) is 4.04. The third kappa shape index (κ3) is 5.90. The molecule has 0 spiro atoms. The van der Waals surface area contributed by atoms with Crippen molar-refractivity contribution in [3.63, 3.8) is 0 Å². The molecule has 3 aromatic rings. The van der Waals surface area contributed by atoms with E-state index in [0.717, 1.165) is 17.0 Å². The first-order valence-corrected chi connectivity index (χ1v) is 9.90. The van der Waals surface area contributed by atoms with Crippen molar-refractivity contribution in [1.29, 1.82) is 0 Å². The molecular formula is C23H23NO2S. The highest BCUT2D eigenvalue weighted by Crippen LogP contribution is 2.23. The second-order valence-electron chi connectivity index (χ2n) is 6.36. The van der Waals surface area contributed by atoms with Crippen LogP contribution in [0.25, 0.3) is 0 Å². The molecule has 1 N–H and O–H groups in total. The summed E-state index contributed by atoms with van der Waals surface area (Å²) < 4.78 is 5.73. The molecule has 0 radical (unpaired) electrons. The van der Waals surface area contributed by atoms with E-state index in [2.05, 4.69) is 17.4 Å². The van der Waals surface area contributed by atoms with Gasteiger partial charge >= 0.3 is 0 Å². The normalized spacial score (nSPS) is 11.6. The maximum Gasteiger partial charge on any atom is 0.265 e. The van der Waals surface area contributed by atoms with E-state index < -0.39 is 6.10 Å². The average Bonchev–Trinajstić information content (AvgIpc) is 2.68. The zero-order chi connectivity index (χ0) is 19.1. The number of ether oxygens (including phenoxy) is 1. The molecule has 1 amide bonds. The van der Waals surface area contributed by atoms with Crippen LogP contribution in [0.5, 0.6) is 5.75 Å². The van der Waals surface area contributed by atoms with Crippen LogP contribution in [0.3, 0.4) is 0 Å². The van der Waals surface area contributed by atoms with Gasteiger partial charge in [-0.15, -0.1) is 11.8 Å². The molecule has 0 unspecified atom stereocenters. The van der Waals surface area contributed by atoms with Crippen molar-refractivity contribution < 1.29 is 9.53 Å². The largest absolute Gasteiger partial charge is 0.481 e. The topological polar surface area (TPSA) is 38.3 Å². The maximum atomic E-state index is 12.4. The molecule has 3 rings (SSSR count). The Bertz CT molecular complexity index is 878.